The molecule has 4 aromatic rings. The normalized spacial score (nSPS) is 10.8. The summed E-state index contributed by atoms with van der Waals surface area (Å²) in [6.45, 7) is -0.144. The van der Waals surface area contributed by atoms with E-state index in [1.807, 2.05) is 24.5 Å². The molecule has 0 unspecified atom stereocenters. The van der Waals surface area contributed by atoms with Crippen LogP contribution in [0.15, 0.2) is 81.1 Å². The van der Waals surface area contributed by atoms with Gasteiger partial charge in [0.15, 0.2) is 0 Å². The molecule has 2 heterocycles. The van der Waals surface area contributed by atoms with Crippen LogP contribution in [-0.4, -0.2) is 26.9 Å². The molecular formula is C22H17ClN4O3S. The lowest BCUT2D eigenvalue weighted by Crippen LogP contribution is -2.28. The smallest absolute Gasteiger partial charge is 0.263 e. The topological polar surface area (TPSA) is 90.0 Å². The molecule has 1 amide bonds. The summed E-state index contributed by atoms with van der Waals surface area (Å²) in [7, 11) is 0. The van der Waals surface area contributed by atoms with E-state index >= 15 is 0 Å². The molecule has 4 rings (SSSR count). The third-order valence-corrected chi connectivity index (χ3v) is 5.42. The molecule has 9 heteroatoms. The molecule has 0 bridgehead atoms. The van der Waals surface area contributed by atoms with Gasteiger partial charge in [0.2, 0.25) is 11.7 Å². The summed E-state index contributed by atoms with van der Waals surface area (Å²) in [6.07, 6.45) is 3.50. The molecule has 0 saturated heterocycles. The van der Waals surface area contributed by atoms with Crippen LogP contribution in [0.3, 0.4) is 0 Å². The van der Waals surface area contributed by atoms with Gasteiger partial charge in [-0.25, -0.2) is 0 Å². The molecule has 0 aliphatic rings. The highest BCUT2D eigenvalue weighted by Crippen LogP contribution is 2.22. The van der Waals surface area contributed by atoms with Crippen LogP contribution in [0, 0.1) is 0 Å². The summed E-state index contributed by atoms with van der Waals surface area (Å²) in [4.78, 5) is 30.7. The minimum atomic E-state index is -0.401. The number of pyridine rings is 1. The molecule has 2 aromatic heterocycles. The lowest BCUT2D eigenvalue weighted by Gasteiger charge is -2.09. The second kappa shape index (κ2) is 9.20. The van der Waals surface area contributed by atoms with Crippen LogP contribution in [0.4, 0.5) is 5.69 Å². The quantitative estimate of drug-likeness (QED) is 0.431. The summed E-state index contributed by atoms with van der Waals surface area (Å²) in [5, 5.41) is 7.34. The highest BCUT2D eigenvalue weighted by molar-refractivity contribution is 7.98. The average molecular weight is 453 g/mol. The van der Waals surface area contributed by atoms with E-state index in [1.165, 1.54) is 4.57 Å². The van der Waals surface area contributed by atoms with Crippen molar-refractivity contribution in [2.45, 2.75) is 11.4 Å². The van der Waals surface area contributed by atoms with Crippen molar-refractivity contribution >= 4 is 35.0 Å². The van der Waals surface area contributed by atoms with Gasteiger partial charge in [-0.05, 0) is 60.9 Å². The lowest BCUT2D eigenvalue weighted by atomic mass is 10.2. The summed E-state index contributed by atoms with van der Waals surface area (Å²) < 4.78 is 6.59. The van der Waals surface area contributed by atoms with E-state index < -0.39 is 5.56 Å². The number of amides is 1. The molecule has 156 valence electrons. The first-order valence-corrected chi connectivity index (χ1v) is 10.9. The molecular weight excluding hydrogens is 436 g/mol. The van der Waals surface area contributed by atoms with Crippen molar-refractivity contribution in [3.05, 3.63) is 82.2 Å². The van der Waals surface area contributed by atoms with E-state index in [1.54, 1.807) is 60.4 Å². The van der Waals surface area contributed by atoms with Gasteiger partial charge < -0.3 is 14.4 Å². The number of aromatic nitrogens is 3. The van der Waals surface area contributed by atoms with Gasteiger partial charge in [0.1, 0.15) is 12.1 Å². The van der Waals surface area contributed by atoms with Crippen LogP contribution >= 0.6 is 23.4 Å². The van der Waals surface area contributed by atoms with Crippen molar-refractivity contribution in [3.8, 4) is 22.8 Å². The van der Waals surface area contributed by atoms with Crippen molar-refractivity contribution in [3.63, 3.8) is 0 Å². The van der Waals surface area contributed by atoms with Crippen LogP contribution in [0.1, 0.15) is 0 Å². The van der Waals surface area contributed by atoms with Gasteiger partial charge in [0.25, 0.3) is 11.4 Å². The Labute approximate surface area is 187 Å². The summed E-state index contributed by atoms with van der Waals surface area (Å²) in [5.74, 6) is 0.107. The molecule has 7 nitrogen and oxygen atoms in total. The SMILES string of the molecule is CSc1cccc(NC(=O)Cn2cccc(-c3nc(-c4ccc(Cl)cc4)no3)c2=O)c1. The first-order valence-electron chi connectivity index (χ1n) is 9.27. The molecule has 31 heavy (non-hydrogen) atoms. The van der Waals surface area contributed by atoms with E-state index in [4.69, 9.17) is 16.1 Å². The van der Waals surface area contributed by atoms with Crippen LogP contribution in [-0.2, 0) is 11.3 Å². The number of thioether (sulfide) groups is 1. The average Bonchev–Trinajstić information content (AvgIpc) is 3.26. The standard InChI is InChI=1S/C22H17ClN4O3S/c1-31-17-5-2-4-16(12-17)24-19(28)13-27-11-3-6-18(22(27)29)21-25-20(26-30-21)14-7-9-15(23)10-8-14/h2-12H,13H2,1H3,(H,24,28). The number of rotatable bonds is 6. The second-order valence-electron chi connectivity index (χ2n) is 6.57. The Kier molecular flexibility index (Phi) is 6.20. The molecule has 0 atom stereocenters. The maximum Gasteiger partial charge on any atom is 0.263 e. The van der Waals surface area contributed by atoms with Crippen molar-refractivity contribution in [2.24, 2.45) is 0 Å². The highest BCUT2D eigenvalue weighted by Gasteiger charge is 2.16. The number of carbonyl (C=O) groups excluding carboxylic acids is 1. The minimum absolute atomic E-state index is 0.0809. The fourth-order valence-corrected chi connectivity index (χ4v) is 3.51. The third-order valence-electron chi connectivity index (χ3n) is 4.45. The van der Waals surface area contributed by atoms with Gasteiger partial charge >= 0.3 is 0 Å². The van der Waals surface area contributed by atoms with E-state index in [9.17, 15) is 9.59 Å². The molecule has 0 saturated carbocycles. The first kappa shape index (κ1) is 20.9. The van der Waals surface area contributed by atoms with Gasteiger partial charge in [0, 0.05) is 27.4 Å². The van der Waals surface area contributed by atoms with Gasteiger partial charge in [-0.15, -0.1) is 11.8 Å². The van der Waals surface area contributed by atoms with E-state index in [0.29, 0.717) is 22.1 Å². The maximum absolute atomic E-state index is 12.9. The van der Waals surface area contributed by atoms with Gasteiger partial charge in [-0.1, -0.05) is 22.8 Å². The third kappa shape index (κ3) is 4.87. The van der Waals surface area contributed by atoms with E-state index in [-0.39, 0.29) is 23.9 Å². The second-order valence-corrected chi connectivity index (χ2v) is 7.88. The fourth-order valence-electron chi connectivity index (χ4n) is 2.93. The molecule has 2 aromatic carbocycles. The maximum atomic E-state index is 12.9. The number of hydrogen-bond acceptors (Lipinski definition) is 6. The molecule has 0 fully saturated rings. The Morgan fingerprint density at radius 2 is 1.97 bits per heavy atom. The molecule has 0 spiro atoms. The lowest BCUT2D eigenvalue weighted by molar-refractivity contribution is -0.116. The van der Waals surface area contributed by atoms with Crippen LogP contribution in [0.25, 0.3) is 22.8 Å². The minimum Gasteiger partial charge on any atom is -0.333 e. The Morgan fingerprint density at radius 3 is 2.74 bits per heavy atom. The van der Waals surface area contributed by atoms with Crippen molar-refractivity contribution in [1.29, 1.82) is 0 Å². The summed E-state index contributed by atoms with van der Waals surface area (Å²) in [6, 6.07) is 17.7. The molecule has 0 radical (unpaired) electrons. The number of halogens is 1. The van der Waals surface area contributed by atoms with Crippen molar-refractivity contribution in [1.82, 2.24) is 14.7 Å². The van der Waals surface area contributed by atoms with E-state index in [2.05, 4.69) is 15.5 Å². The Hall–Kier alpha value is -3.36. The highest BCUT2D eigenvalue weighted by atomic mass is 35.5. The number of carbonyl (C=O) groups is 1. The number of hydrogen-bond donors (Lipinski definition) is 1. The van der Waals surface area contributed by atoms with Gasteiger partial charge in [-0.2, -0.15) is 4.98 Å². The molecule has 1 N–H and O–H groups in total. The number of anilines is 1. The first-order chi connectivity index (χ1) is 15.0. The Balaban J connectivity index is 1.54. The van der Waals surface area contributed by atoms with Gasteiger partial charge in [-0.3, -0.25) is 9.59 Å². The van der Waals surface area contributed by atoms with Crippen LogP contribution in [0.5, 0.6) is 0 Å². The molecule has 0 aliphatic carbocycles. The van der Waals surface area contributed by atoms with Crippen LogP contribution < -0.4 is 10.9 Å². The van der Waals surface area contributed by atoms with E-state index in [0.717, 1.165) is 4.90 Å². The van der Waals surface area contributed by atoms with Crippen molar-refractivity contribution in [2.75, 3.05) is 11.6 Å². The predicted molar refractivity (Wildman–Crippen MR) is 121 cm³/mol. The zero-order valence-corrected chi connectivity index (χ0v) is 18.0. The number of nitrogens with zero attached hydrogens (tertiary/aromatic N) is 3. The Bertz CT molecular complexity index is 1280. The van der Waals surface area contributed by atoms with Crippen molar-refractivity contribution < 1.29 is 9.32 Å². The summed E-state index contributed by atoms with van der Waals surface area (Å²) in [5.41, 5.74) is 1.20. The zero-order valence-electron chi connectivity index (χ0n) is 16.4. The predicted octanol–water partition coefficient (Wildman–Crippen LogP) is 4.58. The monoisotopic (exact) mass is 452 g/mol. The van der Waals surface area contributed by atoms with Crippen LogP contribution in [0.2, 0.25) is 5.02 Å². The summed E-state index contributed by atoms with van der Waals surface area (Å²) >= 11 is 7.48. The zero-order chi connectivity index (χ0) is 21.8. The fraction of sp³-hybridized carbons (Fsp3) is 0.0909. The van der Waals surface area contributed by atoms with Gasteiger partial charge in [0.05, 0.1) is 0 Å². The molecule has 0 aliphatic heterocycles. The Morgan fingerprint density at radius 1 is 1.16 bits per heavy atom. The number of benzene rings is 2. The number of nitrogens with one attached hydrogen (secondary N) is 1. The largest absolute Gasteiger partial charge is 0.333 e.